The predicted molar refractivity (Wildman–Crippen MR) is 54.4 cm³/mol. The molecule has 1 heterocycles. The van der Waals surface area contributed by atoms with E-state index in [9.17, 15) is 8.78 Å². The zero-order valence-electron chi connectivity index (χ0n) is 8.38. The summed E-state index contributed by atoms with van der Waals surface area (Å²) in [5, 5.41) is 4.03. The Kier molecular flexibility index (Phi) is 3.14. The first-order valence-electron chi connectivity index (χ1n) is 4.75. The number of aromatic nitrogens is 2. The lowest BCUT2D eigenvalue weighted by molar-refractivity contribution is -0.0498. The second-order valence-corrected chi connectivity index (χ2v) is 3.23. The molecule has 1 aromatic heterocycles. The Morgan fingerprint density at radius 3 is 2.88 bits per heavy atom. The smallest absolute Gasteiger partial charge is 0.387 e. The largest absolute Gasteiger partial charge is 0.435 e. The monoisotopic (exact) mass is 224 g/mol. The summed E-state index contributed by atoms with van der Waals surface area (Å²) in [5.41, 5.74) is 0.863. The number of alkyl halides is 2. The van der Waals surface area contributed by atoms with Crippen LogP contribution in [0.2, 0.25) is 0 Å². The first kappa shape index (κ1) is 10.6. The van der Waals surface area contributed by atoms with Crippen molar-refractivity contribution in [1.82, 2.24) is 9.78 Å². The van der Waals surface area contributed by atoms with E-state index in [0.29, 0.717) is 6.54 Å². The van der Waals surface area contributed by atoms with Crippen molar-refractivity contribution >= 4 is 0 Å². The summed E-state index contributed by atoms with van der Waals surface area (Å²) in [4.78, 5) is 0. The summed E-state index contributed by atoms with van der Waals surface area (Å²) in [6.45, 7) is -2.26. The van der Waals surface area contributed by atoms with Crippen LogP contribution < -0.4 is 4.74 Å². The molecule has 0 spiro atoms. The van der Waals surface area contributed by atoms with Crippen molar-refractivity contribution in [3.8, 4) is 5.75 Å². The molecule has 84 valence electrons. The van der Waals surface area contributed by atoms with Crippen molar-refractivity contribution in [2.75, 3.05) is 0 Å². The molecule has 2 rings (SSSR count). The maximum Gasteiger partial charge on any atom is 0.387 e. The highest BCUT2D eigenvalue weighted by atomic mass is 19.3. The first-order chi connectivity index (χ1) is 7.74. The fraction of sp³-hybridized carbons (Fsp3) is 0.182. The molecule has 0 radical (unpaired) electrons. The van der Waals surface area contributed by atoms with Crippen LogP contribution in [0.3, 0.4) is 0 Å². The van der Waals surface area contributed by atoms with Gasteiger partial charge in [0.15, 0.2) is 0 Å². The lowest BCUT2D eigenvalue weighted by Crippen LogP contribution is -2.03. The van der Waals surface area contributed by atoms with Crippen LogP contribution in [0.1, 0.15) is 5.56 Å². The highest BCUT2D eigenvalue weighted by Crippen LogP contribution is 2.16. The first-order valence-corrected chi connectivity index (χ1v) is 4.75. The quantitative estimate of drug-likeness (QED) is 0.797. The number of ether oxygens (including phenoxy) is 1. The van der Waals surface area contributed by atoms with Gasteiger partial charge in [-0.2, -0.15) is 13.9 Å². The van der Waals surface area contributed by atoms with Gasteiger partial charge in [0.25, 0.3) is 0 Å². The Hall–Kier alpha value is -1.91. The van der Waals surface area contributed by atoms with Crippen LogP contribution in [-0.4, -0.2) is 16.4 Å². The SMILES string of the molecule is FC(F)Oc1cccc(Cn2cccn2)c1. The van der Waals surface area contributed by atoms with Gasteiger partial charge in [-0.15, -0.1) is 0 Å². The van der Waals surface area contributed by atoms with Crippen molar-refractivity contribution in [3.05, 3.63) is 48.3 Å². The third-order valence-electron chi connectivity index (χ3n) is 2.03. The van der Waals surface area contributed by atoms with Crippen molar-refractivity contribution < 1.29 is 13.5 Å². The van der Waals surface area contributed by atoms with Gasteiger partial charge in [0.1, 0.15) is 5.75 Å². The van der Waals surface area contributed by atoms with E-state index in [1.165, 1.54) is 6.07 Å². The number of halogens is 2. The molecule has 5 heteroatoms. The fourth-order valence-corrected chi connectivity index (χ4v) is 1.40. The number of benzene rings is 1. The molecule has 0 aliphatic rings. The van der Waals surface area contributed by atoms with Crippen molar-refractivity contribution in [1.29, 1.82) is 0 Å². The Bertz CT molecular complexity index is 443. The summed E-state index contributed by atoms with van der Waals surface area (Å²) < 4.78 is 30.0. The van der Waals surface area contributed by atoms with Crippen LogP contribution in [0.25, 0.3) is 0 Å². The molecule has 0 saturated heterocycles. The van der Waals surface area contributed by atoms with Gasteiger partial charge in [-0.1, -0.05) is 12.1 Å². The molecule has 3 nitrogen and oxygen atoms in total. The molecular weight excluding hydrogens is 214 g/mol. The maximum absolute atomic E-state index is 12.0. The second kappa shape index (κ2) is 4.74. The molecule has 0 saturated carbocycles. The average Bonchev–Trinajstić information content (AvgIpc) is 2.70. The van der Waals surface area contributed by atoms with E-state index in [0.717, 1.165) is 5.56 Å². The zero-order chi connectivity index (χ0) is 11.4. The molecule has 0 fully saturated rings. The van der Waals surface area contributed by atoms with Crippen molar-refractivity contribution in [3.63, 3.8) is 0 Å². The van der Waals surface area contributed by atoms with Crippen LogP contribution in [0.5, 0.6) is 5.75 Å². The molecule has 0 N–H and O–H groups in total. The molecule has 16 heavy (non-hydrogen) atoms. The van der Waals surface area contributed by atoms with E-state index in [1.54, 1.807) is 35.3 Å². The maximum atomic E-state index is 12.0. The predicted octanol–water partition coefficient (Wildman–Crippen LogP) is 2.53. The van der Waals surface area contributed by atoms with Gasteiger partial charge in [0.2, 0.25) is 0 Å². The van der Waals surface area contributed by atoms with E-state index >= 15 is 0 Å². The molecule has 0 amide bonds. The molecule has 1 aromatic carbocycles. The number of rotatable bonds is 4. The van der Waals surface area contributed by atoms with E-state index in [-0.39, 0.29) is 5.75 Å². The Balaban J connectivity index is 2.10. The molecular formula is C11H10F2N2O. The Morgan fingerprint density at radius 1 is 1.31 bits per heavy atom. The Morgan fingerprint density at radius 2 is 2.19 bits per heavy atom. The third kappa shape index (κ3) is 2.79. The topological polar surface area (TPSA) is 27.1 Å². The van der Waals surface area contributed by atoms with Crippen molar-refractivity contribution in [2.45, 2.75) is 13.2 Å². The Labute approximate surface area is 91.3 Å². The molecule has 0 aliphatic carbocycles. The number of nitrogens with zero attached hydrogens (tertiary/aromatic N) is 2. The molecule has 0 unspecified atom stereocenters. The van der Waals surface area contributed by atoms with Crippen molar-refractivity contribution in [2.24, 2.45) is 0 Å². The van der Waals surface area contributed by atoms with Gasteiger partial charge >= 0.3 is 6.61 Å². The summed E-state index contributed by atoms with van der Waals surface area (Å²) in [7, 11) is 0. The third-order valence-corrected chi connectivity index (χ3v) is 2.03. The molecule has 0 bridgehead atoms. The van der Waals surface area contributed by atoms with Gasteiger partial charge in [0, 0.05) is 12.4 Å². The minimum absolute atomic E-state index is 0.166. The van der Waals surface area contributed by atoms with Gasteiger partial charge in [-0.05, 0) is 23.8 Å². The lowest BCUT2D eigenvalue weighted by atomic mass is 10.2. The van der Waals surface area contributed by atoms with Crippen LogP contribution >= 0.6 is 0 Å². The minimum Gasteiger partial charge on any atom is -0.435 e. The zero-order valence-corrected chi connectivity index (χ0v) is 8.38. The lowest BCUT2D eigenvalue weighted by Gasteiger charge is -2.06. The molecule has 0 atom stereocenters. The van der Waals surface area contributed by atoms with Crippen LogP contribution in [0.4, 0.5) is 8.78 Å². The van der Waals surface area contributed by atoms with Gasteiger partial charge in [-0.3, -0.25) is 4.68 Å². The number of hydrogen-bond donors (Lipinski definition) is 0. The van der Waals surface area contributed by atoms with E-state index in [2.05, 4.69) is 9.84 Å². The summed E-state index contributed by atoms with van der Waals surface area (Å²) in [5.74, 6) is 0.166. The molecule has 0 aliphatic heterocycles. The summed E-state index contributed by atoms with van der Waals surface area (Å²) >= 11 is 0. The standard InChI is InChI=1S/C11H10F2N2O/c12-11(13)16-10-4-1-3-9(7-10)8-15-6-2-5-14-15/h1-7,11H,8H2. The highest BCUT2D eigenvalue weighted by Gasteiger charge is 2.04. The summed E-state index contributed by atoms with van der Waals surface area (Å²) in [6.07, 6.45) is 3.47. The van der Waals surface area contributed by atoms with E-state index in [1.807, 2.05) is 6.07 Å². The van der Waals surface area contributed by atoms with Crippen LogP contribution in [-0.2, 0) is 6.54 Å². The van der Waals surface area contributed by atoms with Crippen LogP contribution in [0, 0.1) is 0 Å². The fourth-order valence-electron chi connectivity index (χ4n) is 1.40. The van der Waals surface area contributed by atoms with Gasteiger partial charge in [0.05, 0.1) is 6.54 Å². The highest BCUT2D eigenvalue weighted by molar-refractivity contribution is 5.28. The van der Waals surface area contributed by atoms with Crippen LogP contribution in [0.15, 0.2) is 42.7 Å². The summed E-state index contributed by atoms with van der Waals surface area (Å²) in [6, 6.07) is 8.39. The minimum atomic E-state index is -2.79. The normalized spacial score (nSPS) is 10.7. The molecule has 2 aromatic rings. The average molecular weight is 224 g/mol. The second-order valence-electron chi connectivity index (χ2n) is 3.23. The van der Waals surface area contributed by atoms with E-state index < -0.39 is 6.61 Å². The number of hydrogen-bond acceptors (Lipinski definition) is 2. The van der Waals surface area contributed by atoms with E-state index in [4.69, 9.17) is 0 Å². The van der Waals surface area contributed by atoms with Gasteiger partial charge < -0.3 is 4.74 Å². The van der Waals surface area contributed by atoms with Gasteiger partial charge in [-0.25, -0.2) is 0 Å².